The molecule has 6 heavy (non-hydrogen) atoms. The van der Waals surface area contributed by atoms with Crippen molar-refractivity contribution in [2.75, 3.05) is 0 Å². The van der Waals surface area contributed by atoms with E-state index in [0.717, 1.165) is 11.8 Å². The van der Waals surface area contributed by atoms with E-state index < -0.39 is 0 Å². The van der Waals surface area contributed by atoms with Crippen LogP contribution < -0.4 is 0 Å². The first-order valence-electron chi connectivity index (χ1n) is 2.33. The van der Waals surface area contributed by atoms with Gasteiger partial charge in [0.2, 0.25) is 0 Å². The molecule has 0 heteroatoms. The largest absolute Gasteiger partial charge is 0.0801 e. The van der Waals surface area contributed by atoms with E-state index in [-0.39, 0.29) is 0 Å². The minimum absolute atomic E-state index is 0.852. The van der Waals surface area contributed by atoms with E-state index in [2.05, 4.69) is 24.3 Å². The molecule has 0 nitrogen and oxygen atoms in total. The summed E-state index contributed by atoms with van der Waals surface area (Å²) in [6.07, 6.45) is 8.96. The molecule has 0 unspecified atom stereocenters. The summed E-state index contributed by atoms with van der Waals surface area (Å²) in [5.41, 5.74) is 0. The van der Waals surface area contributed by atoms with Crippen LogP contribution in [-0.4, -0.2) is 0 Å². The Morgan fingerprint density at radius 1 is 0.667 bits per heavy atom. The van der Waals surface area contributed by atoms with Gasteiger partial charge >= 0.3 is 0 Å². The van der Waals surface area contributed by atoms with Crippen molar-refractivity contribution >= 4 is 0 Å². The van der Waals surface area contributed by atoms with Crippen LogP contribution in [0.15, 0.2) is 24.3 Å². The van der Waals surface area contributed by atoms with Crippen LogP contribution in [0.2, 0.25) is 0 Å². The first-order valence-corrected chi connectivity index (χ1v) is 2.33. The monoisotopic (exact) mass is 78.0 g/mol. The van der Waals surface area contributed by atoms with Crippen molar-refractivity contribution in [2.45, 2.75) is 0 Å². The Hall–Kier alpha value is -0.520. The van der Waals surface area contributed by atoms with Crippen molar-refractivity contribution in [2.24, 2.45) is 11.8 Å². The molecule has 0 aromatic carbocycles. The summed E-state index contributed by atoms with van der Waals surface area (Å²) in [6, 6.07) is 0. The Balaban J connectivity index is 2.40. The fourth-order valence-electron chi connectivity index (χ4n) is 0.864. The van der Waals surface area contributed by atoms with Crippen molar-refractivity contribution in [3.05, 3.63) is 24.3 Å². The summed E-state index contributed by atoms with van der Waals surface area (Å²) in [4.78, 5) is 0. The molecule has 2 aliphatic rings. The Morgan fingerprint density at radius 3 is 1.00 bits per heavy atom. The average Bonchev–Trinajstić information content (AvgIpc) is 1.54. The molecule has 2 rings (SSSR count). The zero-order chi connectivity index (χ0) is 3.98. The molecule has 0 aromatic heterocycles. The predicted octanol–water partition coefficient (Wildman–Crippen LogP) is 1.36. The maximum atomic E-state index is 2.24. The first kappa shape index (κ1) is 2.62. The van der Waals surface area contributed by atoms with Gasteiger partial charge in [0, 0.05) is 11.8 Å². The quantitative estimate of drug-likeness (QED) is 0.384. The van der Waals surface area contributed by atoms with Crippen LogP contribution in [0.3, 0.4) is 0 Å². The lowest BCUT2D eigenvalue weighted by atomic mass is 9.74. The Labute approximate surface area is 37.2 Å². The third-order valence-corrected chi connectivity index (χ3v) is 1.56. The van der Waals surface area contributed by atoms with Gasteiger partial charge in [-0.25, -0.2) is 0 Å². The van der Waals surface area contributed by atoms with Crippen molar-refractivity contribution in [3.63, 3.8) is 0 Å². The van der Waals surface area contributed by atoms with Gasteiger partial charge in [0.25, 0.3) is 0 Å². The van der Waals surface area contributed by atoms with E-state index in [4.69, 9.17) is 0 Å². The highest BCUT2D eigenvalue weighted by atomic mass is 14.3. The maximum Gasteiger partial charge on any atom is 0.00446 e. The van der Waals surface area contributed by atoms with Crippen LogP contribution in [0.1, 0.15) is 0 Å². The van der Waals surface area contributed by atoms with Crippen LogP contribution in [0.25, 0.3) is 0 Å². The molecule has 0 heterocycles. The molecule has 30 valence electrons. The third kappa shape index (κ3) is 0.118. The van der Waals surface area contributed by atoms with Gasteiger partial charge < -0.3 is 0 Å². The lowest BCUT2D eigenvalue weighted by Crippen LogP contribution is -2.21. The van der Waals surface area contributed by atoms with Gasteiger partial charge in [0.15, 0.2) is 0 Å². The summed E-state index contributed by atoms with van der Waals surface area (Å²) in [7, 11) is 0. The summed E-state index contributed by atoms with van der Waals surface area (Å²) in [5.74, 6) is 1.70. The van der Waals surface area contributed by atoms with Gasteiger partial charge in [-0.3, -0.25) is 0 Å². The highest BCUT2D eigenvalue weighted by molar-refractivity contribution is 5.30. The average molecular weight is 78.1 g/mol. The topological polar surface area (TPSA) is 0 Å². The minimum Gasteiger partial charge on any atom is -0.0801 e. The Morgan fingerprint density at radius 2 is 1.00 bits per heavy atom. The summed E-state index contributed by atoms with van der Waals surface area (Å²) < 4.78 is 0. The molecule has 0 amide bonds. The van der Waals surface area contributed by atoms with Crippen LogP contribution in [0.5, 0.6) is 0 Å². The van der Waals surface area contributed by atoms with E-state index in [9.17, 15) is 0 Å². The summed E-state index contributed by atoms with van der Waals surface area (Å²) in [6.45, 7) is 0. The molecule has 0 N–H and O–H groups in total. The lowest BCUT2D eigenvalue weighted by Gasteiger charge is -2.31. The molecule has 0 aliphatic heterocycles. The Kier molecular flexibility index (Phi) is 0.264. The van der Waals surface area contributed by atoms with Gasteiger partial charge in [-0.15, -0.1) is 0 Å². The van der Waals surface area contributed by atoms with Crippen molar-refractivity contribution < 1.29 is 0 Å². The zero-order valence-corrected chi connectivity index (χ0v) is 3.46. The molecule has 0 spiro atoms. The highest BCUT2D eigenvalue weighted by Crippen LogP contribution is 2.35. The number of fused-ring (bicyclic) bond motifs is 1. The normalized spacial score (nSPS) is 46.7. The van der Waals surface area contributed by atoms with Crippen LogP contribution in [0.4, 0.5) is 0 Å². The van der Waals surface area contributed by atoms with Gasteiger partial charge in [-0.1, -0.05) is 24.3 Å². The van der Waals surface area contributed by atoms with Gasteiger partial charge in [-0.2, -0.15) is 0 Å². The maximum absolute atomic E-state index is 2.24. The second-order valence-electron chi connectivity index (χ2n) is 1.92. The molecule has 0 saturated carbocycles. The SMILES string of the molecule is C1=CC2C=CC12. The summed E-state index contributed by atoms with van der Waals surface area (Å²) >= 11 is 0. The second-order valence-corrected chi connectivity index (χ2v) is 1.92. The van der Waals surface area contributed by atoms with Crippen molar-refractivity contribution in [3.8, 4) is 0 Å². The first-order chi connectivity index (χ1) is 2.97. The van der Waals surface area contributed by atoms with Gasteiger partial charge in [0.05, 0.1) is 0 Å². The van der Waals surface area contributed by atoms with Gasteiger partial charge in [0.1, 0.15) is 0 Å². The molecular weight excluding hydrogens is 72.1 g/mol. The molecule has 0 radical (unpaired) electrons. The van der Waals surface area contributed by atoms with Crippen LogP contribution in [0, 0.1) is 11.8 Å². The lowest BCUT2D eigenvalue weighted by molar-refractivity contribution is 0.549. The smallest absolute Gasteiger partial charge is 0.00446 e. The van der Waals surface area contributed by atoms with E-state index in [1.165, 1.54) is 0 Å². The number of hydrogen-bond donors (Lipinski definition) is 0. The van der Waals surface area contributed by atoms with E-state index in [0.29, 0.717) is 0 Å². The fourth-order valence-corrected chi connectivity index (χ4v) is 0.864. The van der Waals surface area contributed by atoms with E-state index in [1.807, 2.05) is 0 Å². The van der Waals surface area contributed by atoms with E-state index in [1.54, 1.807) is 0 Å². The second kappa shape index (κ2) is 0.604. The molecule has 0 bridgehead atoms. The van der Waals surface area contributed by atoms with Crippen LogP contribution >= 0.6 is 0 Å². The molecular formula is C6H6. The molecule has 0 saturated heterocycles. The highest BCUT2D eigenvalue weighted by Gasteiger charge is 2.24. The molecule has 0 aromatic rings. The standard InChI is InChI=1S/C6H6/c1-2-6-4-3-5(1)6/h1-6H. The number of allylic oxidation sites excluding steroid dienone is 4. The minimum atomic E-state index is 0.852. The van der Waals surface area contributed by atoms with Gasteiger partial charge in [-0.05, 0) is 0 Å². The predicted molar refractivity (Wildman–Crippen MR) is 25.3 cm³/mol. The molecule has 0 atom stereocenters. The van der Waals surface area contributed by atoms with Crippen LogP contribution in [-0.2, 0) is 0 Å². The molecule has 2 aliphatic carbocycles. The van der Waals surface area contributed by atoms with Crippen molar-refractivity contribution in [1.82, 2.24) is 0 Å². The number of hydrogen-bond acceptors (Lipinski definition) is 0. The summed E-state index contributed by atoms with van der Waals surface area (Å²) in [5, 5.41) is 0. The zero-order valence-electron chi connectivity index (χ0n) is 3.46. The fraction of sp³-hybridized carbons (Fsp3) is 0.333. The van der Waals surface area contributed by atoms with E-state index >= 15 is 0 Å². The number of rotatable bonds is 0. The molecule has 0 fully saturated rings. The van der Waals surface area contributed by atoms with Crippen molar-refractivity contribution in [1.29, 1.82) is 0 Å². The third-order valence-electron chi connectivity index (χ3n) is 1.56. The Bertz CT molecular complexity index is 92.0.